The summed E-state index contributed by atoms with van der Waals surface area (Å²) >= 11 is 3.62. The third-order valence-corrected chi connectivity index (χ3v) is 8.57. The van der Waals surface area contributed by atoms with Gasteiger partial charge in [0, 0.05) is 53.8 Å². The van der Waals surface area contributed by atoms with E-state index in [9.17, 15) is 28.8 Å². The quantitative estimate of drug-likeness (QED) is 0.0912. The maximum absolute atomic E-state index is 12.9. The number of hydrogen-bond donors (Lipinski definition) is 6. The molecule has 1 fully saturated rings. The molecule has 1 aliphatic rings. The zero-order valence-corrected chi connectivity index (χ0v) is 23.8. The van der Waals surface area contributed by atoms with E-state index in [2.05, 4.69) is 0 Å². The lowest BCUT2D eigenvalue weighted by molar-refractivity contribution is -0.158. The topological polar surface area (TPSA) is 251 Å². The Balaban J connectivity index is 2.72. The molecule has 1 heterocycles. The average molecular weight is 613 g/mol. The van der Waals surface area contributed by atoms with Gasteiger partial charge in [0.2, 0.25) is 17.7 Å². The second-order valence-electron chi connectivity index (χ2n) is 8.53. The maximum atomic E-state index is 12.9. The molecular formula is C21H36N6O9S3. The number of rotatable bonds is 18. The van der Waals surface area contributed by atoms with Gasteiger partial charge in [-0.1, -0.05) is 0 Å². The number of carboxylic acids is 3. The lowest BCUT2D eigenvalue weighted by atomic mass is 10.3. The summed E-state index contributed by atoms with van der Waals surface area (Å²) in [7, 11) is 0. The first-order valence-electron chi connectivity index (χ1n) is 11.8. The fourth-order valence-corrected chi connectivity index (χ4v) is 5.67. The van der Waals surface area contributed by atoms with Crippen molar-refractivity contribution in [2.24, 2.45) is 17.2 Å². The molecule has 0 radical (unpaired) electrons. The van der Waals surface area contributed by atoms with Crippen molar-refractivity contribution in [2.75, 3.05) is 54.5 Å². The number of carbonyl (C=O) groups excluding carboxylic acids is 3. The fraction of sp³-hybridized carbons (Fsp3) is 0.714. The summed E-state index contributed by atoms with van der Waals surface area (Å²) in [5.74, 6) is -3.10. The van der Waals surface area contributed by atoms with E-state index in [1.54, 1.807) is 0 Å². The van der Waals surface area contributed by atoms with Gasteiger partial charge in [-0.2, -0.15) is 35.3 Å². The van der Waals surface area contributed by atoms with Gasteiger partial charge in [0.1, 0.15) is 18.1 Å². The van der Waals surface area contributed by atoms with Crippen LogP contribution in [-0.2, 0) is 28.8 Å². The molecule has 0 aromatic heterocycles. The fourth-order valence-electron chi connectivity index (χ4n) is 3.02. The molecule has 0 aliphatic carbocycles. The third kappa shape index (κ3) is 13.6. The Labute approximate surface area is 238 Å². The molecule has 3 unspecified atom stereocenters. The van der Waals surface area contributed by atoms with Crippen molar-refractivity contribution >= 4 is 70.9 Å². The second kappa shape index (κ2) is 18.2. The first kappa shape index (κ1) is 34.8. The molecule has 39 heavy (non-hydrogen) atoms. The van der Waals surface area contributed by atoms with Crippen LogP contribution in [0.2, 0.25) is 0 Å². The average Bonchev–Trinajstić information content (AvgIpc) is 2.89. The van der Waals surface area contributed by atoms with Crippen LogP contribution in [0.15, 0.2) is 0 Å². The van der Waals surface area contributed by atoms with E-state index >= 15 is 0 Å². The zero-order chi connectivity index (χ0) is 29.5. The number of nitrogens with two attached hydrogens (primary N) is 3. The molecule has 1 saturated heterocycles. The smallest absolute Gasteiger partial charge is 0.321 e. The molecule has 3 atom stereocenters. The van der Waals surface area contributed by atoms with E-state index in [1.165, 1.54) is 50.0 Å². The normalized spacial score (nSPS) is 15.9. The molecular weight excluding hydrogens is 576 g/mol. The maximum Gasteiger partial charge on any atom is 0.321 e. The first-order chi connectivity index (χ1) is 18.3. The van der Waals surface area contributed by atoms with Crippen molar-refractivity contribution in [1.29, 1.82) is 0 Å². The van der Waals surface area contributed by atoms with Crippen LogP contribution in [0.5, 0.6) is 0 Å². The summed E-state index contributed by atoms with van der Waals surface area (Å²) in [5.41, 5.74) is 16.4. The molecule has 9 N–H and O–H groups in total. The SMILES string of the molecule is NC(CSCCC(=O)N1CN(C(=O)CCSCC(N)C(=O)O)CN(C(=O)CCSCC(N)C(=O)O)C1)C(=O)O. The number of nitrogens with zero attached hydrogens (tertiary/aromatic N) is 3. The Bertz CT molecular complexity index is 769. The van der Waals surface area contributed by atoms with Crippen LogP contribution in [0.1, 0.15) is 19.3 Å². The Morgan fingerprint density at radius 2 is 0.769 bits per heavy atom. The van der Waals surface area contributed by atoms with Gasteiger partial charge in [-0.05, 0) is 0 Å². The van der Waals surface area contributed by atoms with Gasteiger partial charge >= 0.3 is 17.9 Å². The van der Waals surface area contributed by atoms with Crippen molar-refractivity contribution in [2.45, 2.75) is 37.4 Å². The minimum absolute atomic E-state index is 0.0394. The van der Waals surface area contributed by atoms with Gasteiger partial charge in [-0.25, -0.2) is 0 Å². The summed E-state index contributed by atoms with van der Waals surface area (Å²) in [6.07, 6.45) is 0.146. The predicted octanol–water partition coefficient (Wildman–Crippen LogP) is -2.04. The monoisotopic (exact) mass is 612 g/mol. The van der Waals surface area contributed by atoms with E-state index in [-0.39, 0.29) is 74.2 Å². The molecule has 15 nitrogen and oxygen atoms in total. The van der Waals surface area contributed by atoms with Gasteiger partial charge in [0.15, 0.2) is 0 Å². The number of carboxylic acid groups (broad SMARTS) is 3. The first-order valence-corrected chi connectivity index (χ1v) is 15.3. The summed E-state index contributed by atoms with van der Waals surface area (Å²) in [5, 5.41) is 26.6. The highest BCUT2D eigenvalue weighted by molar-refractivity contribution is 7.99. The number of thioether (sulfide) groups is 3. The van der Waals surface area contributed by atoms with E-state index in [0.29, 0.717) is 17.3 Å². The molecule has 0 bridgehead atoms. The summed E-state index contributed by atoms with van der Waals surface area (Å²) in [4.78, 5) is 75.1. The van der Waals surface area contributed by atoms with E-state index in [1.807, 2.05) is 0 Å². The van der Waals surface area contributed by atoms with Gasteiger partial charge in [-0.3, -0.25) is 28.8 Å². The van der Waals surface area contributed by atoms with E-state index in [0.717, 1.165) is 0 Å². The minimum atomic E-state index is -1.14. The number of carbonyl (C=O) groups is 6. The molecule has 1 rings (SSSR count). The highest BCUT2D eigenvalue weighted by atomic mass is 32.2. The number of amides is 3. The van der Waals surface area contributed by atoms with Crippen molar-refractivity contribution in [3.8, 4) is 0 Å². The highest BCUT2D eigenvalue weighted by Crippen LogP contribution is 2.16. The molecule has 0 aromatic carbocycles. The van der Waals surface area contributed by atoms with Gasteiger partial charge in [0.05, 0.1) is 20.0 Å². The van der Waals surface area contributed by atoms with Gasteiger partial charge in [0.25, 0.3) is 0 Å². The molecule has 1 aliphatic heterocycles. The Kier molecular flexibility index (Phi) is 16.2. The summed E-state index contributed by atoms with van der Waals surface area (Å²) < 4.78 is 0. The van der Waals surface area contributed by atoms with Crippen LogP contribution < -0.4 is 17.2 Å². The summed E-state index contributed by atoms with van der Waals surface area (Å²) in [6.45, 7) is -0.118. The van der Waals surface area contributed by atoms with Crippen LogP contribution >= 0.6 is 35.3 Å². The lowest BCUT2D eigenvalue weighted by Crippen LogP contribution is -2.59. The predicted molar refractivity (Wildman–Crippen MR) is 148 cm³/mol. The largest absolute Gasteiger partial charge is 0.480 e. The standard InChI is InChI=1S/C21H36N6O9S3/c22-13(19(31)32)7-37-4-1-16(28)25-10-26(17(29)2-5-38-8-14(23)20(33)34)12-27(11-25)18(30)3-6-39-9-15(24)21(35)36/h13-15H,1-12,22-24H2,(H,31,32)(H,33,34)(H,35,36). The van der Waals surface area contributed by atoms with Crippen molar-refractivity contribution < 1.29 is 44.1 Å². The van der Waals surface area contributed by atoms with E-state index < -0.39 is 36.0 Å². The van der Waals surface area contributed by atoms with Crippen molar-refractivity contribution in [1.82, 2.24) is 14.7 Å². The number of hydrogen-bond acceptors (Lipinski definition) is 12. The molecule has 0 spiro atoms. The molecule has 3 amide bonds. The van der Waals surface area contributed by atoms with Crippen molar-refractivity contribution in [3.05, 3.63) is 0 Å². The minimum Gasteiger partial charge on any atom is -0.480 e. The second-order valence-corrected chi connectivity index (χ2v) is 12.0. The Morgan fingerprint density at radius 3 is 0.974 bits per heavy atom. The van der Waals surface area contributed by atoms with Crippen molar-refractivity contribution in [3.63, 3.8) is 0 Å². The third-order valence-electron chi connectivity index (χ3n) is 5.31. The Hall–Kier alpha value is -2.25. The molecule has 0 aromatic rings. The Morgan fingerprint density at radius 1 is 0.538 bits per heavy atom. The van der Waals surface area contributed by atoms with E-state index in [4.69, 9.17) is 32.5 Å². The van der Waals surface area contributed by atoms with Crippen LogP contribution in [0.3, 0.4) is 0 Å². The molecule has 0 saturated carbocycles. The van der Waals surface area contributed by atoms with Crippen LogP contribution in [0.25, 0.3) is 0 Å². The zero-order valence-electron chi connectivity index (χ0n) is 21.3. The lowest BCUT2D eigenvalue weighted by Gasteiger charge is -2.42. The van der Waals surface area contributed by atoms with Gasteiger partial charge < -0.3 is 47.2 Å². The van der Waals surface area contributed by atoms with Crippen LogP contribution in [-0.4, -0.2) is 138 Å². The molecule has 18 heteroatoms. The highest BCUT2D eigenvalue weighted by Gasteiger charge is 2.31. The summed E-state index contributed by atoms with van der Waals surface area (Å²) in [6, 6.07) is -3.15. The number of aliphatic carboxylic acids is 3. The molecule has 222 valence electrons. The van der Waals surface area contributed by atoms with Gasteiger partial charge in [-0.15, -0.1) is 0 Å². The van der Waals surface area contributed by atoms with Crippen LogP contribution in [0, 0.1) is 0 Å². The van der Waals surface area contributed by atoms with Crippen LogP contribution in [0.4, 0.5) is 0 Å².